The van der Waals surface area contributed by atoms with Crippen molar-refractivity contribution in [1.82, 2.24) is 20.3 Å². The Morgan fingerprint density at radius 1 is 1.35 bits per heavy atom. The molecule has 2 N–H and O–H groups in total. The fourth-order valence-corrected chi connectivity index (χ4v) is 2.29. The Balaban J connectivity index is 1.79. The van der Waals surface area contributed by atoms with Crippen LogP contribution in [0.3, 0.4) is 0 Å². The molecule has 0 radical (unpaired) electrons. The Kier molecular flexibility index (Phi) is 2.88. The van der Waals surface area contributed by atoms with E-state index >= 15 is 0 Å². The first-order chi connectivity index (χ1) is 8.42. The van der Waals surface area contributed by atoms with Gasteiger partial charge in [0.05, 0.1) is 11.4 Å². The lowest BCUT2D eigenvalue weighted by Crippen LogP contribution is -2.24. The molecule has 1 saturated heterocycles. The Morgan fingerprint density at radius 3 is 3.12 bits per heavy atom. The molecule has 0 saturated carbocycles. The normalized spacial score (nSPS) is 19.6. The summed E-state index contributed by atoms with van der Waals surface area (Å²) in [6, 6.07) is 6.50. The van der Waals surface area contributed by atoms with E-state index in [-0.39, 0.29) is 0 Å². The quantitative estimate of drug-likeness (QED) is 0.841. The lowest BCUT2D eigenvalue weighted by atomic mass is 10.1. The van der Waals surface area contributed by atoms with Crippen molar-refractivity contribution in [2.24, 2.45) is 0 Å². The highest BCUT2D eigenvalue weighted by atomic mass is 15.0. The number of H-pyrrole nitrogens is 1. The summed E-state index contributed by atoms with van der Waals surface area (Å²) in [6.45, 7) is 1.13. The number of hydrogen-bond acceptors (Lipinski definition) is 3. The van der Waals surface area contributed by atoms with Crippen molar-refractivity contribution in [1.29, 1.82) is 0 Å². The van der Waals surface area contributed by atoms with E-state index in [0.717, 1.165) is 30.2 Å². The van der Waals surface area contributed by atoms with Crippen molar-refractivity contribution < 1.29 is 0 Å². The van der Waals surface area contributed by atoms with E-state index in [1.54, 1.807) is 0 Å². The first-order valence-corrected chi connectivity index (χ1v) is 6.11. The third kappa shape index (κ3) is 2.36. The van der Waals surface area contributed by atoms with Gasteiger partial charge in [0.15, 0.2) is 0 Å². The van der Waals surface area contributed by atoms with Crippen molar-refractivity contribution in [3.8, 4) is 11.4 Å². The molecule has 0 aromatic carbocycles. The van der Waals surface area contributed by atoms with Crippen LogP contribution in [0.1, 0.15) is 18.7 Å². The second-order valence-corrected chi connectivity index (χ2v) is 4.44. The molecule has 1 aliphatic rings. The molecule has 0 spiro atoms. The van der Waals surface area contributed by atoms with E-state index in [2.05, 4.69) is 20.3 Å². The molecule has 0 bridgehead atoms. The van der Waals surface area contributed by atoms with Gasteiger partial charge in [-0.05, 0) is 37.6 Å². The summed E-state index contributed by atoms with van der Waals surface area (Å²) in [4.78, 5) is 12.1. The smallest absolute Gasteiger partial charge is 0.130 e. The maximum Gasteiger partial charge on any atom is 0.130 e. The zero-order valence-electron chi connectivity index (χ0n) is 9.69. The van der Waals surface area contributed by atoms with Crippen molar-refractivity contribution in [2.45, 2.75) is 25.3 Å². The van der Waals surface area contributed by atoms with Crippen LogP contribution in [0, 0.1) is 0 Å². The molecule has 2 aromatic heterocycles. The van der Waals surface area contributed by atoms with E-state index in [1.807, 2.05) is 30.6 Å². The lowest BCUT2D eigenvalue weighted by Gasteiger charge is -2.09. The zero-order chi connectivity index (χ0) is 11.5. The molecule has 1 unspecified atom stereocenters. The van der Waals surface area contributed by atoms with Crippen LogP contribution in [0.5, 0.6) is 0 Å². The van der Waals surface area contributed by atoms with E-state index in [9.17, 15) is 0 Å². The minimum absolute atomic E-state index is 0.550. The molecule has 4 heteroatoms. The molecule has 17 heavy (non-hydrogen) atoms. The van der Waals surface area contributed by atoms with Gasteiger partial charge in [-0.25, -0.2) is 9.97 Å². The van der Waals surface area contributed by atoms with Crippen molar-refractivity contribution >= 4 is 0 Å². The van der Waals surface area contributed by atoms with Crippen molar-refractivity contribution in [2.75, 3.05) is 6.54 Å². The van der Waals surface area contributed by atoms with Crippen LogP contribution in [0.4, 0.5) is 0 Å². The number of aromatic amines is 1. The van der Waals surface area contributed by atoms with Gasteiger partial charge in [-0.2, -0.15) is 0 Å². The van der Waals surface area contributed by atoms with Crippen molar-refractivity contribution in [3.63, 3.8) is 0 Å². The van der Waals surface area contributed by atoms with Crippen LogP contribution in [-0.2, 0) is 6.42 Å². The van der Waals surface area contributed by atoms with Gasteiger partial charge in [0.2, 0.25) is 0 Å². The van der Waals surface area contributed by atoms with E-state index in [1.165, 1.54) is 12.8 Å². The number of rotatable bonds is 3. The topological polar surface area (TPSA) is 53.6 Å². The summed E-state index contributed by atoms with van der Waals surface area (Å²) in [6.07, 6.45) is 7.18. The van der Waals surface area contributed by atoms with E-state index in [4.69, 9.17) is 0 Å². The Morgan fingerprint density at radius 2 is 2.35 bits per heavy atom. The average molecular weight is 228 g/mol. The molecule has 1 fully saturated rings. The summed E-state index contributed by atoms with van der Waals surface area (Å²) in [5.41, 5.74) is 2.02. The van der Waals surface area contributed by atoms with Crippen LogP contribution in [-0.4, -0.2) is 27.5 Å². The van der Waals surface area contributed by atoms with Gasteiger partial charge in [0.25, 0.3) is 0 Å². The maximum atomic E-state index is 4.60. The zero-order valence-corrected chi connectivity index (χ0v) is 9.69. The van der Waals surface area contributed by atoms with Gasteiger partial charge in [-0.3, -0.25) is 0 Å². The minimum Gasteiger partial charge on any atom is -0.360 e. The van der Waals surface area contributed by atoms with Gasteiger partial charge in [0, 0.05) is 24.9 Å². The van der Waals surface area contributed by atoms with Crippen LogP contribution in [0.15, 0.2) is 30.6 Å². The molecule has 88 valence electrons. The van der Waals surface area contributed by atoms with Crippen molar-refractivity contribution in [3.05, 3.63) is 36.4 Å². The molecule has 0 aliphatic carbocycles. The summed E-state index contributed by atoms with van der Waals surface area (Å²) in [5.74, 6) is 0.927. The second-order valence-electron chi connectivity index (χ2n) is 4.44. The average Bonchev–Trinajstić information content (AvgIpc) is 3.01. The third-order valence-electron chi connectivity index (χ3n) is 3.17. The summed E-state index contributed by atoms with van der Waals surface area (Å²) in [5, 5.41) is 3.47. The Labute approximate surface area is 101 Å². The highest BCUT2D eigenvalue weighted by Crippen LogP contribution is 2.15. The van der Waals surface area contributed by atoms with Gasteiger partial charge in [-0.15, -0.1) is 0 Å². The van der Waals surface area contributed by atoms with Crippen LogP contribution in [0.25, 0.3) is 11.4 Å². The molecule has 2 aromatic rings. The maximum absolute atomic E-state index is 4.60. The predicted octanol–water partition coefficient (Wildman–Crippen LogP) is 1.77. The van der Waals surface area contributed by atoms with Crippen LogP contribution >= 0.6 is 0 Å². The highest BCUT2D eigenvalue weighted by molar-refractivity contribution is 5.53. The summed E-state index contributed by atoms with van der Waals surface area (Å²) < 4.78 is 0. The van der Waals surface area contributed by atoms with Gasteiger partial charge in [0.1, 0.15) is 5.82 Å². The molecule has 1 aliphatic heterocycles. The van der Waals surface area contributed by atoms with E-state index in [0.29, 0.717) is 6.04 Å². The number of hydrogen-bond donors (Lipinski definition) is 2. The van der Waals surface area contributed by atoms with Gasteiger partial charge in [-0.1, -0.05) is 0 Å². The highest BCUT2D eigenvalue weighted by Gasteiger charge is 2.16. The first kappa shape index (κ1) is 10.5. The molecule has 1 atom stereocenters. The molecule has 3 heterocycles. The Bertz CT molecular complexity index is 472. The fraction of sp³-hybridized carbons (Fsp3) is 0.385. The predicted molar refractivity (Wildman–Crippen MR) is 66.5 cm³/mol. The summed E-state index contributed by atoms with van der Waals surface area (Å²) in [7, 11) is 0. The summed E-state index contributed by atoms with van der Waals surface area (Å²) >= 11 is 0. The molecular weight excluding hydrogens is 212 g/mol. The van der Waals surface area contributed by atoms with Gasteiger partial charge < -0.3 is 10.3 Å². The molecule has 4 nitrogen and oxygen atoms in total. The molecule has 3 rings (SSSR count). The molecular formula is C13H16N4. The van der Waals surface area contributed by atoms with E-state index < -0.39 is 0 Å². The SMILES string of the molecule is c1c[nH]c(-c2ccnc(CC3CCCN3)n2)c1. The fourth-order valence-electron chi connectivity index (χ4n) is 2.29. The monoisotopic (exact) mass is 228 g/mol. The number of aromatic nitrogens is 3. The van der Waals surface area contributed by atoms with Crippen LogP contribution in [0.2, 0.25) is 0 Å². The lowest BCUT2D eigenvalue weighted by molar-refractivity contribution is 0.585. The van der Waals surface area contributed by atoms with Crippen LogP contribution < -0.4 is 5.32 Å². The van der Waals surface area contributed by atoms with Gasteiger partial charge >= 0.3 is 0 Å². The number of nitrogens with one attached hydrogen (secondary N) is 2. The Hall–Kier alpha value is -1.68. The third-order valence-corrected chi connectivity index (χ3v) is 3.17. The molecule has 0 amide bonds. The second kappa shape index (κ2) is 4.67. The minimum atomic E-state index is 0.550. The largest absolute Gasteiger partial charge is 0.360 e. The standard InChI is InChI=1S/C13H16N4/c1-3-10(14-6-1)9-13-16-8-5-12(17-13)11-4-2-7-15-11/h2,4-5,7-8,10,14-15H,1,3,6,9H2. The first-order valence-electron chi connectivity index (χ1n) is 6.11. The number of nitrogens with zero attached hydrogens (tertiary/aromatic N) is 2.